The van der Waals surface area contributed by atoms with Gasteiger partial charge in [0, 0.05) is 25.0 Å². The highest BCUT2D eigenvalue weighted by molar-refractivity contribution is 7.88. The molecule has 1 aromatic rings. The van der Waals surface area contributed by atoms with Crippen LogP contribution >= 0.6 is 0 Å². The third-order valence-electron chi connectivity index (χ3n) is 3.72. The number of nitrogens with one attached hydrogen (secondary N) is 1. The van der Waals surface area contributed by atoms with Crippen molar-refractivity contribution in [1.82, 2.24) is 9.62 Å². The quantitative estimate of drug-likeness (QED) is 0.797. The molecule has 6 heteroatoms. The summed E-state index contributed by atoms with van der Waals surface area (Å²) >= 11 is 0. The Kier molecular flexibility index (Phi) is 7.03. The Hall–Kier alpha value is -1.40. The molecule has 2 atom stereocenters. The lowest BCUT2D eigenvalue weighted by molar-refractivity contribution is -0.121. The second kappa shape index (κ2) is 8.29. The summed E-state index contributed by atoms with van der Waals surface area (Å²) < 4.78 is 25.4. The van der Waals surface area contributed by atoms with E-state index < -0.39 is 10.0 Å². The molecule has 0 spiro atoms. The van der Waals surface area contributed by atoms with Crippen molar-refractivity contribution in [2.45, 2.75) is 45.7 Å². The SMILES string of the molecule is CCC(C)NC(=O)CCN(C(C)c1ccccc1)S(C)(=O)=O. The van der Waals surface area contributed by atoms with E-state index in [1.54, 1.807) is 0 Å². The lowest BCUT2D eigenvalue weighted by atomic mass is 10.1. The first-order valence-electron chi connectivity index (χ1n) is 7.56. The number of benzene rings is 1. The van der Waals surface area contributed by atoms with E-state index in [0.717, 1.165) is 12.0 Å². The molecule has 124 valence electrons. The number of amides is 1. The van der Waals surface area contributed by atoms with Gasteiger partial charge >= 0.3 is 0 Å². The van der Waals surface area contributed by atoms with Crippen molar-refractivity contribution < 1.29 is 13.2 Å². The van der Waals surface area contributed by atoms with E-state index in [0.29, 0.717) is 0 Å². The first-order chi connectivity index (χ1) is 10.3. The predicted molar refractivity (Wildman–Crippen MR) is 88.9 cm³/mol. The number of sulfonamides is 1. The van der Waals surface area contributed by atoms with Gasteiger partial charge in [-0.25, -0.2) is 8.42 Å². The summed E-state index contributed by atoms with van der Waals surface area (Å²) in [6, 6.07) is 9.23. The summed E-state index contributed by atoms with van der Waals surface area (Å²) in [6.45, 7) is 5.93. The van der Waals surface area contributed by atoms with Crippen LogP contribution in [0.4, 0.5) is 0 Å². The largest absolute Gasteiger partial charge is 0.354 e. The predicted octanol–water partition coefficient (Wildman–Crippen LogP) is 2.31. The van der Waals surface area contributed by atoms with E-state index >= 15 is 0 Å². The van der Waals surface area contributed by atoms with Gasteiger partial charge in [-0.3, -0.25) is 4.79 Å². The van der Waals surface area contributed by atoms with Crippen LogP contribution in [0.15, 0.2) is 30.3 Å². The van der Waals surface area contributed by atoms with Crippen molar-refractivity contribution in [3.05, 3.63) is 35.9 Å². The highest BCUT2D eigenvalue weighted by Crippen LogP contribution is 2.22. The first-order valence-corrected chi connectivity index (χ1v) is 9.41. The lowest BCUT2D eigenvalue weighted by Crippen LogP contribution is -2.38. The summed E-state index contributed by atoms with van der Waals surface area (Å²) in [5.74, 6) is -0.122. The van der Waals surface area contributed by atoms with Crippen LogP contribution in [-0.2, 0) is 14.8 Å². The zero-order valence-corrected chi connectivity index (χ0v) is 14.6. The summed E-state index contributed by atoms with van der Waals surface area (Å²) in [6.07, 6.45) is 2.19. The molecular weight excluding hydrogens is 300 g/mol. The van der Waals surface area contributed by atoms with Gasteiger partial charge in [-0.2, -0.15) is 4.31 Å². The summed E-state index contributed by atoms with van der Waals surface area (Å²) in [4.78, 5) is 11.9. The molecule has 1 aromatic carbocycles. The minimum absolute atomic E-state index is 0.103. The van der Waals surface area contributed by atoms with E-state index in [2.05, 4.69) is 5.32 Å². The monoisotopic (exact) mass is 326 g/mol. The molecule has 0 radical (unpaired) electrons. The second-order valence-electron chi connectivity index (χ2n) is 5.59. The molecule has 22 heavy (non-hydrogen) atoms. The van der Waals surface area contributed by atoms with Crippen molar-refractivity contribution in [3.8, 4) is 0 Å². The topological polar surface area (TPSA) is 66.5 Å². The van der Waals surface area contributed by atoms with Crippen LogP contribution in [0.2, 0.25) is 0 Å². The summed E-state index contributed by atoms with van der Waals surface area (Å²) in [5.41, 5.74) is 0.912. The molecule has 0 aliphatic rings. The van der Waals surface area contributed by atoms with Crippen LogP contribution in [0.25, 0.3) is 0 Å². The minimum Gasteiger partial charge on any atom is -0.354 e. The molecule has 1 N–H and O–H groups in total. The first kappa shape index (κ1) is 18.6. The standard InChI is InChI=1S/C16H26N2O3S/c1-5-13(2)17-16(19)11-12-18(22(4,20)21)14(3)15-9-7-6-8-10-15/h6-10,13-14H,5,11-12H2,1-4H3,(H,17,19). The number of hydrogen-bond donors (Lipinski definition) is 1. The number of hydrogen-bond acceptors (Lipinski definition) is 3. The average molecular weight is 326 g/mol. The molecule has 0 fully saturated rings. The van der Waals surface area contributed by atoms with Gasteiger partial charge < -0.3 is 5.32 Å². The average Bonchev–Trinajstić information content (AvgIpc) is 2.46. The van der Waals surface area contributed by atoms with Crippen LogP contribution < -0.4 is 5.32 Å². The lowest BCUT2D eigenvalue weighted by Gasteiger charge is -2.27. The van der Waals surface area contributed by atoms with Crippen molar-refractivity contribution in [3.63, 3.8) is 0 Å². The summed E-state index contributed by atoms with van der Waals surface area (Å²) in [7, 11) is -3.39. The van der Waals surface area contributed by atoms with Crippen molar-refractivity contribution in [2.75, 3.05) is 12.8 Å². The number of carbonyl (C=O) groups excluding carboxylic acids is 1. The fourth-order valence-electron chi connectivity index (χ4n) is 2.21. The highest BCUT2D eigenvalue weighted by Gasteiger charge is 2.25. The van der Waals surface area contributed by atoms with E-state index in [-0.39, 0.29) is 31.0 Å². The molecule has 5 nitrogen and oxygen atoms in total. The van der Waals surface area contributed by atoms with Gasteiger partial charge in [0.15, 0.2) is 0 Å². The number of rotatable bonds is 8. The molecule has 2 unspecified atom stereocenters. The van der Waals surface area contributed by atoms with Crippen LogP contribution in [0.1, 0.15) is 45.2 Å². The maximum Gasteiger partial charge on any atom is 0.221 e. The molecular formula is C16H26N2O3S. The van der Waals surface area contributed by atoms with Gasteiger partial charge in [0.2, 0.25) is 15.9 Å². The third-order valence-corrected chi connectivity index (χ3v) is 5.07. The maximum atomic E-state index is 12.0. The third kappa shape index (κ3) is 5.77. The Labute approximate surface area is 133 Å². The van der Waals surface area contributed by atoms with E-state index in [1.165, 1.54) is 10.6 Å². The van der Waals surface area contributed by atoms with Crippen LogP contribution in [0, 0.1) is 0 Å². The van der Waals surface area contributed by atoms with Gasteiger partial charge in [0.1, 0.15) is 0 Å². The van der Waals surface area contributed by atoms with E-state index in [9.17, 15) is 13.2 Å². The Bertz CT molecular complexity index is 572. The highest BCUT2D eigenvalue weighted by atomic mass is 32.2. The van der Waals surface area contributed by atoms with Crippen LogP contribution in [0.5, 0.6) is 0 Å². The normalized spacial score (nSPS) is 14.6. The number of carbonyl (C=O) groups is 1. The molecule has 0 aliphatic carbocycles. The second-order valence-corrected chi connectivity index (χ2v) is 7.52. The molecule has 1 amide bonds. The molecule has 0 saturated carbocycles. The Morgan fingerprint density at radius 3 is 2.32 bits per heavy atom. The van der Waals surface area contributed by atoms with Gasteiger partial charge in [-0.15, -0.1) is 0 Å². The van der Waals surface area contributed by atoms with Gasteiger partial charge in [-0.1, -0.05) is 37.3 Å². The van der Waals surface area contributed by atoms with Crippen molar-refractivity contribution in [1.29, 1.82) is 0 Å². The maximum absolute atomic E-state index is 12.0. The molecule has 0 bridgehead atoms. The fourth-order valence-corrected chi connectivity index (χ4v) is 3.32. The smallest absolute Gasteiger partial charge is 0.221 e. The minimum atomic E-state index is -3.39. The molecule has 0 saturated heterocycles. The zero-order chi connectivity index (χ0) is 16.8. The van der Waals surface area contributed by atoms with Gasteiger partial charge in [-0.05, 0) is 25.8 Å². The fraction of sp³-hybridized carbons (Fsp3) is 0.562. The molecule has 0 aromatic heterocycles. The Morgan fingerprint density at radius 1 is 1.23 bits per heavy atom. The summed E-state index contributed by atoms with van der Waals surface area (Å²) in [5, 5.41) is 2.85. The Morgan fingerprint density at radius 2 is 1.82 bits per heavy atom. The van der Waals surface area contributed by atoms with Crippen LogP contribution in [0.3, 0.4) is 0 Å². The molecule has 1 rings (SSSR count). The zero-order valence-electron chi connectivity index (χ0n) is 13.7. The van der Waals surface area contributed by atoms with Gasteiger partial charge in [0.05, 0.1) is 6.26 Å². The van der Waals surface area contributed by atoms with Crippen LogP contribution in [-0.4, -0.2) is 37.5 Å². The molecule has 0 aliphatic heterocycles. The van der Waals surface area contributed by atoms with Crippen molar-refractivity contribution >= 4 is 15.9 Å². The molecule has 0 heterocycles. The van der Waals surface area contributed by atoms with Crippen molar-refractivity contribution in [2.24, 2.45) is 0 Å². The number of nitrogens with zero attached hydrogens (tertiary/aromatic N) is 1. The Balaban J connectivity index is 2.77. The van der Waals surface area contributed by atoms with E-state index in [1.807, 2.05) is 51.1 Å². The van der Waals surface area contributed by atoms with E-state index in [4.69, 9.17) is 0 Å². The van der Waals surface area contributed by atoms with Gasteiger partial charge in [0.25, 0.3) is 0 Å².